The molecule has 0 aliphatic rings. The van der Waals surface area contributed by atoms with E-state index in [4.69, 9.17) is 4.74 Å². The van der Waals surface area contributed by atoms with E-state index in [1.54, 1.807) is 6.92 Å². The maximum atomic E-state index is 11.5. The normalized spacial score (nSPS) is 11.2. The largest absolute Gasteiger partial charge is 0.470 e. The molecule has 0 radical (unpaired) electrons. The molecule has 7 nitrogen and oxygen atoms in total. The van der Waals surface area contributed by atoms with Gasteiger partial charge in [-0.15, -0.1) is 5.10 Å². The van der Waals surface area contributed by atoms with E-state index in [-0.39, 0.29) is 16.5 Å². The zero-order valence-electron chi connectivity index (χ0n) is 14.4. The number of nitrogens with zero attached hydrogens (tertiary/aromatic N) is 3. The molecule has 0 amide bonds. The second-order valence-electron chi connectivity index (χ2n) is 6.43. The zero-order chi connectivity index (χ0) is 18.0. The van der Waals surface area contributed by atoms with E-state index < -0.39 is 0 Å². The Bertz CT molecular complexity index is 904. The summed E-state index contributed by atoms with van der Waals surface area (Å²) < 4.78 is 5.79. The monoisotopic (exact) mass is 340 g/mol. The third-order valence-electron chi connectivity index (χ3n) is 3.92. The number of hydrogen-bond donors (Lipinski definition) is 1. The molecule has 0 atom stereocenters. The van der Waals surface area contributed by atoms with Crippen LogP contribution in [-0.4, -0.2) is 20.1 Å². The number of nitro groups is 1. The number of aromatic nitrogens is 3. The van der Waals surface area contributed by atoms with Crippen molar-refractivity contribution in [1.82, 2.24) is 15.2 Å². The van der Waals surface area contributed by atoms with E-state index in [9.17, 15) is 10.1 Å². The summed E-state index contributed by atoms with van der Waals surface area (Å²) in [5, 5.41) is 20.4. The van der Waals surface area contributed by atoms with Gasteiger partial charge < -0.3 is 9.72 Å². The van der Waals surface area contributed by atoms with E-state index in [0.717, 1.165) is 5.56 Å². The molecule has 3 aromatic rings. The Kier molecular flexibility index (Phi) is 4.65. The number of H-pyrrole nitrogens is 1. The summed E-state index contributed by atoms with van der Waals surface area (Å²) in [4.78, 5) is 14.2. The number of aryl methyl sites for hydroxylation is 1. The second-order valence-corrected chi connectivity index (χ2v) is 6.43. The van der Waals surface area contributed by atoms with Crippen LogP contribution < -0.4 is 4.74 Å². The Morgan fingerprint density at radius 3 is 2.60 bits per heavy atom. The highest BCUT2D eigenvalue weighted by molar-refractivity contribution is 5.95. The first-order valence-corrected chi connectivity index (χ1v) is 8.16. The molecule has 0 spiro atoms. The Balaban J connectivity index is 2.05. The number of aromatic amines is 1. The molecule has 0 bridgehead atoms. The van der Waals surface area contributed by atoms with Crippen LogP contribution in [0.2, 0.25) is 0 Å². The number of nitrogens with one attached hydrogen (secondary N) is 1. The van der Waals surface area contributed by atoms with Crippen LogP contribution in [0.4, 0.5) is 5.69 Å². The van der Waals surface area contributed by atoms with Crippen molar-refractivity contribution in [3.05, 3.63) is 57.4 Å². The molecule has 3 rings (SSSR count). The van der Waals surface area contributed by atoms with Gasteiger partial charge in [-0.3, -0.25) is 10.1 Å². The molecule has 2 aromatic heterocycles. The molecule has 25 heavy (non-hydrogen) atoms. The van der Waals surface area contributed by atoms with Crippen molar-refractivity contribution in [2.75, 3.05) is 0 Å². The highest BCUT2D eigenvalue weighted by Crippen LogP contribution is 2.36. The minimum absolute atomic E-state index is 0.0464. The third-order valence-corrected chi connectivity index (χ3v) is 3.92. The quantitative estimate of drug-likeness (QED) is 0.541. The summed E-state index contributed by atoms with van der Waals surface area (Å²) in [6.45, 7) is 6.08. The summed E-state index contributed by atoms with van der Waals surface area (Å²) in [5.41, 5.74) is 2.66. The standard InChI is InChI=1S/C18H20N4O3/c1-11(2)9-14-15-16(19-12(3)17(15)22(23)24)18(21-20-14)25-10-13-7-5-4-6-8-13/h4-8,11,19H,9-10H2,1-3H3. The average molecular weight is 340 g/mol. The van der Waals surface area contributed by atoms with Crippen molar-refractivity contribution in [3.8, 4) is 5.88 Å². The van der Waals surface area contributed by atoms with E-state index in [0.29, 0.717) is 41.2 Å². The van der Waals surface area contributed by atoms with Crippen molar-refractivity contribution >= 4 is 16.6 Å². The van der Waals surface area contributed by atoms with Gasteiger partial charge in [0.15, 0.2) is 0 Å². The molecule has 0 unspecified atom stereocenters. The minimum Gasteiger partial charge on any atom is -0.470 e. The highest BCUT2D eigenvalue weighted by Gasteiger charge is 2.26. The lowest BCUT2D eigenvalue weighted by molar-refractivity contribution is -0.383. The first-order chi connectivity index (χ1) is 12.0. The van der Waals surface area contributed by atoms with E-state index in [2.05, 4.69) is 15.2 Å². The SMILES string of the molecule is Cc1[nH]c2c(OCc3ccccc3)nnc(CC(C)C)c2c1[N+](=O)[O-]. The molecule has 0 aliphatic heterocycles. The van der Waals surface area contributed by atoms with Gasteiger partial charge in [0.2, 0.25) is 0 Å². The number of fused-ring (bicyclic) bond motifs is 1. The molecule has 0 saturated carbocycles. The van der Waals surface area contributed by atoms with Crippen LogP contribution in [0.25, 0.3) is 10.9 Å². The Morgan fingerprint density at radius 2 is 1.96 bits per heavy atom. The maximum Gasteiger partial charge on any atom is 0.299 e. The fraction of sp³-hybridized carbons (Fsp3) is 0.333. The van der Waals surface area contributed by atoms with Crippen LogP contribution in [0.15, 0.2) is 30.3 Å². The van der Waals surface area contributed by atoms with Gasteiger partial charge in [0.25, 0.3) is 11.6 Å². The Morgan fingerprint density at radius 1 is 1.24 bits per heavy atom. The van der Waals surface area contributed by atoms with E-state index in [1.165, 1.54) is 0 Å². The molecule has 1 aromatic carbocycles. The van der Waals surface area contributed by atoms with E-state index in [1.807, 2.05) is 44.2 Å². The molecular weight excluding hydrogens is 320 g/mol. The van der Waals surface area contributed by atoms with Crippen LogP contribution >= 0.6 is 0 Å². The van der Waals surface area contributed by atoms with Gasteiger partial charge >= 0.3 is 0 Å². The topological polar surface area (TPSA) is 93.9 Å². The average Bonchev–Trinajstić information content (AvgIpc) is 2.92. The lowest BCUT2D eigenvalue weighted by Gasteiger charge is -2.09. The van der Waals surface area contributed by atoms with Crippen molar-refractivity contribution in [2.24, 2.45) is 5.92 Å². The van der Waals surface area contributed by atoms with Crippen LogP contribution in [-0.2, 0) is 13.0 Å². The van der Waals surface area contributed by atoms with Crippen molar-refractivity contribution in [3.63, 3.8) is 0 Å². The van der Waals surface area contributed by atoms with Crippen molar-refractivity contribution < 1.29 is 9.66 Å². The summed E-state index contributed by atoms with van der Waals surface area (Å²) in [6.07, 6.45) is 0.612. The van der Waals surface area contributed by atoms with Gasteiger partial charge in [-0.25, -0.2) is 0 Å². The highest BCUT2D eigenvalue weighted by atomic mass is 16.6. The molecule has 2 heterocycles. The molecule has 0 fully saturated rings. The summed E-state index contributed by atoms with van der Waals surface area (Å²) >= 11 is 0. The van der Waals surface area contributed by atoms with Gasteiger partial charge in [-0.2, -0.15) is 5.10 Å². The predicted octanol–water partition coefficient (Wildman–Crippen LogP) is 3.95. The molecule has 7 heteroatoms. The van der Waals surface area contributed by atoms with Gasteiger partial charge in [-0.05, 0) is 24.8 Å². The number of ether oxygens (including phenoxy) is 1. The van der Waals surface area contributed by atoms with Gasteiger partial charge in [-0.1, -0.05) is 44.2 Å². The molecule has 0 aliphatic carbocycles. The molecule has 130 valence electrons. The van der Waals surface area contributed by atoms with Crippen molar-refractivity contribution in [2.45, 2.75) is 33.8 Å². The van der Waals surface area contributed by atoms with Crippen molar-refractivity contribution in [1.29, 1.82) is 0 Å². The maximum absolute atomic E-state index is 11.5. The number of hydrogen-bond acceptors (Lipinski definition) is 5. The summed E-state index contributed by atoms with van der Waals surface area (Å²) in [5.74, 6) is 0.589. The van der Waals surface area contributed by atoms with Crippen LogP contribution in [0, 0.1) is 23.0 Å². The molecule has 0 saturated heterocycles. The molecular formula is C18H20N4O3. The smallest absolute Gasteiger partial charge is 0.299 e. The zero-order valence-corrected chi connectivity index (χ0v) is 14.4. The fourth-order valence-corrected chi connectivity index (χ4v) is 2.85. The Hall–Kier alpha value is -2.96. The second kappa shape index (κ2) is 6.88. The Labute approximate surface area is 145 Å². The van der Waals surface area contributed by atoms with Crippen LogP contribution in [0.3, 0.4) is 0 Å². The summed E-state index contributed by atoms with van der Waals surface area (Å²) in [6, 6.07) is 9.67. The first-order valence-electron chi connectivity index (χ1n) is 8.16. The van der Waals surface area contributed by atoms with E-state index >= 15 is 0 Å². The van der Waals surface area contributed by atoms with Gasteiger partial charge in [0, 0.05) is 0 Å². The van der Waals surface area contributed by atoms with Gasteiger partial charge in [0.1, 0.15) is 17.5 Å². The minimum atomic E-state index is -0.374. The third kappa shape index (κ3) is 3.45. The summed E-state index contributed by atoms with van der Waals surface area (Å²) in [7, 11) is 0. The lowest BCUT2D eigenvalue weighted by atomic mass is 10.0. The first kappa shape index (κ1) is 16.9. The fourth-order valence-electron chi connectivity index (χ4n) is 2.85. The van der Waals surface area contributed by atoms with Crippen LogP contribution in [0.1, 0.15) is 30.8 Å². The van der Waals surface area contributed by atoms with Crippen LogP contribution in [0.5, 0.6) is 5.88 Å². The number of benzene rings is 1. The lowest BCUT2D eigenvalue weighted by Crippen LogP contribution is -2.04. The predicted molar refractivity (Wildman–Crippen MR) is 94.6 cm³/mol. The number of rotatable bonds is 6. The van der Waals surface area contributed by atoms with Gasteiger partial charge in [0.05, 0.1) is 16.3 Å². The molecule has 1 N–H and O–H groups in total.